The number of hydrazone groups is 1. The molecule has 0 spiro atoms. The number of amides is 1. The third kappa shape index (κ3) is 3.52. The molecule has 1 atom stereocenters. The van der Waals surface area contributed by atoms with Gasteiger partial charge in [-0.2, -0.15) is 5.10 Å². The summed E-state index contributed by atoms with van der Waals surface area (Å²) in [6.45, 7) is 2.65. The van der Waals surface area contributed by atoms with Gasteiger partial charge in [-0.05, 0) is 25.1 Å². The minimum atomic E-state index is -0.567. The molecule has 1 amide bonds. The molecule has 110 valence electrons. The normalized spacial score (nSPS) is 17.3. The predicted octanol–water partition coefficient (Wildman–Crippen LogP) is 1.53. The number of hydrogen-bond acceptors (Lipinski definition) is 5. The first-order valence-electron chi connectivity index (χ1n) is 6.42. The van der Waals surface area contributed by atoms with E-state index < -0.39 is 12.2 Å². The fourth-order valence-electron chi connectivity index (χ4n) is 1.90. The fraction of sp³-hybridized carbons (Fsp3) is 0.333. The average molecular weight is 288 g/mol. The summed E-state index contributed by atoms with van der Waals surface area (Å²) in [7, 11) is 1.60. The van der Waals surface area contributed by atoms with Gasteiger partial charge < -0.3 is 14.2 Å². The van der Waals surface area contributed by atoms with E-state index in [-0.39, 0.29) is 0 Å². The number of terminal acetylenes is 1. The Bertz CT molecular complexity index is 604. The highest BCUT2D eigenvalue weighted by atomic mass is 16.6. The van der Waals surface area contributed by atoms with Gasteiger partial charge in [0.1, 0.15) is 24.2 Å². The van der Waals surface area contributed by atoms with Crippen LogP contribution in [0.1, 0.15) is 18.1 Å². The van der Waals surface area contributed by atoms with E-state index in [1.165, 1.54) is 0 Å². The predicted molar refractivity (Wildman–Crippen MR) is 77.4 cm³/mol. The maximum absolute atomic E-state index is 11.1. The zero-order valence-electron chi connectivity index (χ0n) is 11.9. The van der Waals surface area contributed by atoms with E-state index in [2.05, 4.69) is 16.4 Å². The third-order valence-corrected chi connectivity index (χ3v) is 2.91. The largest absolute Gasteiger partial charge is 0.490 e. The summed E-state index contributed by atoms with van der Waals surface area (Å²) in [5.74, 6) is 3.18. The van der Waals surface area contributed by atoms with E-state index in [0.29, 0.717) is 30.2 Å². The van der Waals surface area contributed by atoms with Crippen molar-refractivity contribution in [1.82, 2.24) is 5.43 Å². The molecule has 6 heteroatoms. The second-order valence-electron chi connectivity index (χ2n) is 4.35. The molecule has 0 aliphatic carbocycles. The number of cyclic esters (lactones) is 1. The van der Waals surface area contributed by atoms with Crippen LogP contribution in [0.4, 0.5) is 4.79 Å². The smallest absolute Gasteiger partial charge is 0.428 e. The van der Waals surface area contributed by atoms with E-state index in [9.17, 15) is 4.79 Å². The Kier molecular flexibility index (Phi) is 4.80. The highest BCUT2D eigenvalue weighted by Crippen LogP contribution is 2.21. The lowest BCUT2D eigenvalue weighted by Gasteiger charge is -2.20. The Morgan fingerprint density at radius 3 is 2.95 bits per heavy atom. The van der Waals surface area contributed by atoms with Crippen molar-refractivity contribution in [3.63, 3.8) is 0 Å². The van der Waals surface area contributed by atoms with Gasteiger partial charge in [0.15, 0.2) is 0 Å². The molecule has 0 saturated heterocycles. The minimum Gasteiger partial charge on any atom is -0.490 e. The molecule has 1 N–H and O–H groups in total. The maximum atomic E-state index is 11.1. The quantitative estimate of drug-likeness (QED) is 0.659. The summed E-state index contributed by atoms with van der Waals surface area (Å²) >= 11 is 0. The van der Waals surface area contributed by atoms with Gasteiger partial charge in [0.2, 0.25) is 0 Å². The lowest BCUT2D eigenvalue weighted by Crippen LogP contribution is -2.37. The van der Waals surface area contributed by atoms with Crippen molar-refractivity contribution in [2.24, 2.45) is 5.10 Å². The summed E-state index contributed by atoms with van der Waals surface area (Å²) in [5.41, 5.74) is 4.27. The molecule has 1 heterocycles. The Balaban J connectivity index is 2.23. The molecular weight excluding hydrogens is 272 g/mol. The molecule has 1 aromatic rings. The lowest BCUT2D eigenvalue weighted by atomic mass is 10.0. The first-order chi connectivity index (χ1) is 10.2. The molecule has 0 bridgehead atoms. The van der Waals surface area contributed by atoms with Crippen molar-refractivity contribution in [3.05, 3.63) is 29.3 Å². The summed E-state index contributed by atoms with van der Waals surface area (Å²) in [5, 5.41) is 4.00. The van der Waals surface area contributed by atoms with Crippen molar-refractivity contribution >= 4 is 11.8 Å². The van der Waals surface area contributed by atoms with Crippen molar-refractivity contribution in [3.8, 4) is 18.1 Å². The number of carbonyl (C=O) groups is 1. The number of nitrogens with zero attached hydrogens (tertiary/aromatic N) is 1. The van der Waals surface area contributed by atoms with Gasteiger partial charge in [-0.1, -0.05) is 5.92 Å². The molecule has 1 aliphatic rings. The molecular formula is C15H16N2O4. The van der Waals surface area contributed by atoms with Crippen LogP contribution >= 0.6 is 0 Å². The van der Waals surface area contributed by atoms with Gasteiger partial charge in [0.05, 0.1) is 12.2 Å². The number of hydrogen-bond donors (Lipinski definition) is 1. The molecule has 1 aromatic carbocycles. The van der Waals surface area contributed by atoms with Crippen LogP contribution in [-0.4, -0.2) is 38.2 Å². The number of carbonyl (C=O) groups excluding carboxylic acids is 1. The molecule has 6 nitrogen and oxygen atoms in total. The third-order valence-electron chi connectivity index (χ3n) is 2.91. The second kappa shape index (κ2) is 6.77. The van der Waals surface area contributed by atoms with Gasteiger partial charge in [-0.15, -0.1) is 6.42 Å². The van der Waals surface area contributed by atoms with Crippen LogP contribution in [0, 0.1) is 12.3 Å². The zero-order valence-corrected chi connectivity index (χ0v) is 11.9. The van der Waals surface area contributed by atoms with E-state index in [0.717, 1.165) is 5.56 Å². The van der Waals surface area contributed by atoms with E-state index in [4.69, 9.17) is 20.6 Å². The number of methoxy groups -OCH3 is 1. The number of benzene rings is 1. The standard InChI is InChI=1S/C15H16N2O4/c1-4-11-9-12(5-6-13(11)20-8-7-19-3)14-10(2)21-15(18)17-16-14/h1,5-6,9-10H,7-8H2,2-3H3,(H,17,18)/t10-/m0/s1. The van der Waals surface area contributed by atoms with Gasteiger partial charge >= 0.3 is 6.09 Å². The molecule has 0 unspecified atom stereocenters. The van der Waals surface area contributed by atoms with Crippen LogP contribution in [0.25, 0.3) is 0 Å². The fourth-order valence-corrected chi connectivity index (χ4v) is 1.90. The highest BCUT2D eigenvalue weighted by molar-refractivity contribution is 6.06. The molecule has 2 rings (SSSR count). The Morgan fingerprint density at radius 1 is 1.48 bits per heavy atom. The highest BCUT2D eigenvalue weighted by Gasteiger charge is 2.23. The van der Waals surface area contributed by atoms with Crippen molar-refractivity contribution in [1.29, 1.82) is 0 Å². The van der Waals surface area contributed by atoms with Crippen LogP contribution in [0.5, 0.6) is 5.75 Å². The van der Waals surface area contributed by atoms with E-state index in [1.807, 2.05) is 6.07 Å². The van der Waals surface area contributed by atoms with Gasteiger partial charge in [0, 0.05) is 12.7 Å². The molecule has 1 aliphatic heterocycles. The minimum absolute atomic E-state index is 0.418. The average Bonchev–Trinajstić information content (AvgIpc) is 2.48. The van der Waals surface area contributed by atoms with Crippen LogP contribution < -0.4 is 10.2 Å². The van der Waals surface area contributed by atoms with Crippen LogP contribution in [0.3, 0.4) is 0 Å². The van der Waals surface area contributed by atoms with Crippen molar-refractivity contribution in [2.45, 2.75) is 13.0 Å². The lowest BCUT2D eigenvalue weighted by molar-refractivity contribution is 0.127. The van der Waals surface area contributed by atoms with E-state index in [1.54, 1.807) is 26.2 Å². The zero-order chi connectivity index (χ0) is 15.2. The topological polar surface area (TPSA) is 69.2 Å². The van der Waals surface area contributed by atoms with Crippen LogP contribution in [0.2, 0.25) is 0 Å². The van der Waals surface area contributed by atoms with Crippen LogP contribution in [0.15, 0.2) is 23.3 Å². The number of ether oxygens (including phenoxy) is 3. The Morgan fingerprint density at radius 2 is 2.29 bits per heavy atom. The monoisotopic (exact) mass is 288 g/mol. The summed E-state index contributed by atoms with van der Waals surface area (Å²) in [4.78, 5) is 11.1. The Labute approximate surface area is 123 Å². The van der Waals surface area contributed by atoms with Gasteiger partial charge in [-0.3, -0.25) is 0 Å². The molecule has 0 fully saturated rings. The molecule has 21 heavy (non-hydrogen) atoms. The number of rotatable bonds is 5. The van der Waals surface area contributed by atoms with Crippen molar-refractivity contribution < 1.29 is 19.0 Å². The van der Waals surface area contributed by atoms with Gasteiger partial charge in [0.25, 0.3) is 0 Å². The van der Waals surface area contributed by atoms with E-state index >= 15 is 0 Å². The summed E-state index contributed by atoms with van der Waals surface area (Å²) < 4.78 is 15.5. The summed E-state index contributed by atoms with van der Waals surface area (Å²) in [6, 6.07) is 5.36. The van der Waals surface area contributed by atoms with Crippen molar-refractivity contribution in [2.75, 3.05) is 20.3 Å². The molecule has 0 saturated carbocycles. The second-order valence-corrected chi connectivity index (χ2v) is 4.35. The van der Waals surface area contributed by atoms with Gasteiger partial charge in [-0.25, -0.2) is 10.2 Å². The summed E-state index contributed by atoms with van der Waals surface area (Å²) in [6.07, 6.45) is 4.50. The SMILES string of the molecule is C#Cc1cc(C2=NNC(=O)O[C@H]2C)ccc1OCCOC. The molecule has 0 radical (unpaired) electrons. The van der Waals surface area contributed by atoms with Crippen LogP contribution in [-0.2, 0) is 9.47 Å². The number of nitrogens with one attached hydrogen (secondary N) is 1. The first kappa shape index (κ1) is 14.9. The molecule has 0 aromatic heterocycles. The first-order valence-corrected chi connectivity index (χ1v) is 6.42. The Hall–Kier alpha value is -2.52. The maximum Gasteiger partial charge on any atom is 0.428 e.